The van der Waals surface area contributed by atoms with Gasteiger partial charge in [-0.2, -0.15) is 4.31 Å². The monoisotopic (exact) mass is 273 g/mol. The van der Waals surface area contributed by atoms with E-state index in [0.29, 0.717) is 11.5 Å². The standard InChI is InChI=1S/C11H15NO5S/c1-16-10-4-3-9(5-11(10)17-2)18(14,15)12-6-8(13)7-12/h3-5,8,13H,6-7H2,1-2H3. The smallest absolute Gasteiger partial charge is 0.243 e. The van der Waals surface area contributed by atoms with Gasteiger partial charge in [-0.3, -0.25) is 0 Å². The van der Waals surface area contributed by atoms with Crippen LogP contribution >= 0.6 is 0 Å². The van der Waals surface area contributed by atoms with Crippen molar-refractivity contribution < 1.29 is 23.0 Å². The van der Waals surface area contributed by atoms with Gasteiger partial charge in [0, 0.05) is 19.2 Å². The third kappa shape index (κ3) is 2.16. The van der Waals surface area contributed by atoms with Crippen LogP contribution in [0.2, 0.25) is 0 Å². The Balaban J connectivity index is 2.33. The minimum absolute atomic E-state index is 0.132. The summed E-state index contributed by atoms with van der Waals surface area (Å²) in [6.07, 6.45) is -0.570. The molecule has 1 heterocycles. The van der Waals surface area contributed by atoms with Crippen molar-refractivity contribution in [2.45, 2.75) is 11.0 Å². The fourth-order valence-corrected chi connectivity index (χ4v) is 3.27. The molecule has 100 valence electrons. The molecule has 2 rings (SSSR count). The number of aliphatic hydroxyl groups excluding tert-OH is 1. The van der Waals surface area contributed by atoms with Crippen LogP contribution in [-0.4, -0.2) is 51.2 Å². The molecule has 0 aliphatic carbocycles. The van der Waals surface area contributed by atoms with Crippen LogP contribution in [0.5, 0.6) is 11.5 Å². The molecular weight excluding hydrogens is 258 g/mol. The fourth-order valence-electron chi connectivity index (χ4n) is 1.74. The highest BCUT2D eigenvalue weighted by Crippen LogP contribution is 2.31. The van der Waals surface area contributed by atoms with Crippen LogP contribution in [0.15, 0.2) is 23.1 Å². The lowest BCUT2D eigenvalue weighted by Gasteiger charge is -2.34. The Morgan fingerprint density at radius 3 is 2.33 bits per heavy atom. The summed E-state index contributed by atoms with van der Waals surface area (Å²) in [5.41, 5.74) is 0. The first-order valence-electron chi connectivity index (χ1n) is 5.39. The lowest BCUT2D eigenvalue weighted by atomic mass is 10.2. The van der Waals surface area contributed by atoms with Crippen LogP contribution in [-0.2, 0) is 10.0 Å². The molecule has 0 unspecified atom stereocenters. The van der Waals surface area contributed by atoms with Gasteiger partial charge in [-0.25, -0.2) is 8.42 Å². The van der Waals surface area contributed by atoms with E-state index in [1.54, 1.807) is 6.07 Å². The van der Waals surface area contributed by atoms with Crippen LogP contribution in [0.3, 0.4) is 0 Å². The Kier molecular flexibility index (Phi) is 3.47. The topological polar surface area (TPSA) is 76.1 Å². The quantitative estimate of drug-likeness (QED) is 0.840. The molecule has 0 spiro atoms. The second-order valence-electron chi connectivity index (χ2n) is 3.99. The highest BCUT2D eigenvalue weighted by atomic mass is 32.2. The summed E-state index contributed by atoms with van der Waals surface area (Å²) in [5, 5.41) is 9.16. The molecule has 1 N–H and O–H groups in total. The molecule has 0 radical (unpaired) electrons. The van der Waals surface area contributed by atoms with Crippen molar-refractivity contribution in [3.8, 4) is 11.5 Å². The van der Waals surface area contributed by atoms with Gasteiger partial charge in [-0.05, 0) is 12.1 Å². The van der Waals surface area contributed by atoms with Crippen LogP contribution in [0.25, 0.3) is 0 Å². The van der Waals surface area contributed by atoms with E-state index in [2.05, 4.69) is 0 Å². The molecule has 1 saturated heterocycles. The van der Waals surface area contributed by atoms with Gasteiger partial charge in [-0.1, -0.05) is 0 Å². The molecule has 1 aromatic carbocycles. The number of β-amino-alcohol motifs (C(OH)–C–C–N with tert-alkyl or cyclic N) is 1. The number of hydrogen-bond donors (Lipinski definition) is 1. The van der Waals surface area contributed by atoms with Crippen molar-refractivity contribution in [3.63, 3.8) is 0 Å². The number of benzene rings is 1. The minimum Gasteiger partial charge on any atom is -0.493 e. The molecule has 0 atom stereocenters. The number of hydrogen-bond acceptors (Lipinski definition) is 5. The highest BCUT2D eigenvalue weighted by molar-refractivity contribution is 7.89. The molecule has 1 aromatic rings. The van der Waals surface area contributed by atoms with Crippen molar-refractivity contribution in [2.24, 2.45) is 0 Å². The van der Waals surface area contributed by atoms with Gasteiger partial charge in [0.15, 0.2) is 11.5 Å². The van der Waals surface area contributed by atoms with Crippen molar-refractivity contribution >= 4 is 10.0 Å². The van der Waals surface area contributed by atoms with Crippen LogP contribution in [0, 0.1) is 0 Å². The van der Waals surface area contributed by atoms with E-state index in [1.807, 2.05) is 0 Å². The van der Waals surface area contributed by atoms with Gasteiger partial charge in [0.1, 0.15) is 0 Å². The molecule has 0 bridgehead atoms. The summed E-state index contributed by atoms with van der Waals surface area (Å²) in [4.78, 5) is 0.132. The molecule has 0 aromatic heterocycles. The Labute approximate surface area is 106 Å². The average Bonchev–Trinajstić information content (AvgIpc) is 2.33. The van der Waals surface area contributed by atoms with E-state index < -0.39 is 16.1 Å². The van der Waals surface area contributed by atoms with Crippen molar-refractivity contribution in [1.82, 2.24) is 4.31 Å². The summed E-state index contributed by atoms with van der Waals surface area (Å²) in [7, 11) is -0.625. The van der Waals surface area contributed by atoms with Crippen LogP contribution in [0.4, 0.5) is 0 Å². The summed E-state index contributed by atoms with van der Waals surface area (Å²) >= 11 is 0. The third-order valence-corrected chi connectivity index (χ3v) is 4.65. The van der Waals surface area contributed by atoms with E-state index in [-0.39, 0.29) is 18.0 Å². The van der Waals surface area contributed by atoms with Crippen LogP contribution < -0.4 is 9.47 Å². The number of ether oxygens (including phenoxy) is 2. The van der Waals surface area contributed by atoms with E-state index in [9.17, 15) is 8.42 Å². The van der Waals surface area contributed by atoms with E-state index in [4.69, 9.17) is 14.6 Å². The predicted molar refractivity (Wildman–Crippen MR) is 64.3 cm³/mol. The third-order valence-electron chi connectivity index (χ3n) is 2.82. The molecule has 0 amide bonds. The molecule has 6 nitrogen and oxygen atoms in total. The second-order valence-corrected chi connectivity index (χ2v) is 5.93. The average molecular weight is 273 g/mol. The van der Waals surface area contributed by atoms with Gasteiger partial charge in [0.2, 0.25) is 10.0 Å². The zero-order valence-corrected chi connectivity index (χ0v) is 11.0. The zero-order valence-electron chi connectivity index (χ0n) is 10.2. The molecule has 1 aliphatic heterocycles. The maximum absolute atomic E-state index is 12.1. The maximum atomic E-state index is 12.1. The minimum atomic E-state index is -3.55. The van der Waals surface area contributed by atoms with Crippen LogP contribution in [0.1, 0.15) is 0 Å². The Morgan fingerprint density at radius 1 is 1.22 bits per heavy atom. The normalized spacial score (nSPS) is 17.3. The van der Waals surface area contributed by atoms with E-state index in [1.165, 1.54) is 30.7 Å². The first-order valence-corrected chi connectivity index (χ1v) is 6.83. The molecule has 18 heavy (non-hydrogen) atoms. The van der Waals surface area contributed by atoms with Gasteiger partial charge in [-0.15, -0.1) is 0 Å². The maximum Gasteiger partial charge on any atom is 0.243 e. The van der Waals surface area contributed by atoms with Crippen molar-refractivity contribution in [3.05, 3.63) is 18.2 Å². The van der Waals surface area contributed by atoms with Gasteiger partial charge in [0.05, 0.1) is 25.2 Å². The highest BCUT2D eigenvalue weighted by Gasteiger charge is 2.35. The summed E-state index contributed by atoms with van der Waals surface area (Å²) in [6, 6.07) is 4.42. The van der Waals surface area contributed by atoms with Crippen molar-refractivity contribution in [1.29, 1.82) is 0 Å². The SMILES string of the molecule is COc1ccc(S(=O)(=O)N2CC(O)C2)cc1OC. The molecule has 1 fully saturated rings. The summed E-state index contributed by atoms with van der Waals surface area (Å²) < 4.78 is 35.6. The summed E-state index contributed by atoms with van der Waals surface area (Å²) in [6.45, 7) is 0.271. The largest absolute Gasteiger partial charge is 0.493 e. The molecule has 1 aliphatic rings. The molecular formula is C11H15NO5S. The Morgan fingerprint density at radius 2 is 1.83 bits per heavy atom. The number of nitrogens with zero attached hydrogens (tertiary/aromatic N) is 1. The van der Waals surface area contributed by atoms with Gasteiger partial charge in [0.25, 0.3) is 0 Å². The Hall–Kier alpha value is -1.31. The van der Waals surface area contributed by atoms with E-state index in [0.717, 1.165) is 0 Å². The second kappa shape index (κ2) is 4.75. The lowest BCUT2D eigenvalue weighted by molar-refractivity contribution is 0.0548. The predicted octanol–water partition coefficient (Wildman–Crippen LogP) is 0.0690. The number of aliphatic hydroxyl groups is 1. The Bertz CT molecular complexity index is 536. The zero-order chi connectivity index (χ0) is 13.3. The molecule has 0 saturated carbocycles. The fraction of sp³-hybridized carbons (Fsp3) is 0.455. The first kappa shape index (κ1) is 13.1. The number of rotatable bonds is 4. The first-order chi connectivity index (χ1) is 8.48. The lowest BCUT2D eigenvalue weighted by Crippen LogP contribution is -2.53. The van der Waals surface area contributed by atoms with Crippen molar-refractivity contribution in [2.75, 3.05) is 27.3 Å². The number of methoxy groups -OCH3 is 2. The van der Waals surface area contributed by atoms with Gasteiger partial charge >= 0.3 is 0 Å². The van der Waals surface area contributed by atoms with E-state index >= 15 is 0 Å². The summed E-state index contributed by atoms with van der Waals surface area (Å²) in [5.74, 6) is 0.833. The number of sulfonamides is 1. The van der Waals surface area contributed by atoms with Gasteiger partial charge < -0.3 is 14.6 Å². The molecule has 7 heteroatoms.